The van der Waals surface area contributed by atoms with E-state index in [2.05, 4.69) is 12.2 Å². The molecule has 1 fully saturated rings. The number of carbonyl (C=O) groups is 1. The summed E-state index contributed by atoms with van der Waals surface area (Å²) >= 11 is 5.87. The lowest BCUT2D eigenvalue weighted by molar-refractivity contribution is -0.118. The molecular formula is C10H13ClO. The molecule has 4 atom stereocenters. The van der Waals surface area contributed by atoms with Crippen LogP contribution in [0.1, 0.15) is 13.3 Å². The first-order chi connectivity index (χ1) is 5.72. The Hall–Kier alpha value is -0.300. The molecule has 0 aromatic rings. The summed E-state index contributed by atoms with van der Waals surface area (Å²) in [6.07, 6.45) is 6.64. The SMILES string of the molecule is C[C@]1(C=O)[C@@H]2C=C[C@@H](C2)[C@@H]1CCl. The van der Waals surface area contributed by atoms with Gasteiger partial charge in [0.05, 0.1) is 0 Å². The topological polar surface area (TPSA) is 17.1 Å². The molecule has 2 heteroatoms. The van der Waals surface area contributed by atoms with Crippen molar-refractivity contribution in [2.24, 2.45) is 23.2 Å². The second kappa shape index (κ2) is 2.59. The lowest BCUT2D eigenvalue weighted by Gasteiger charge is -2.32. The van der Waals surface area contributed by atoms with Crippen molar-refractivity contribution >= 4 is 17.9 Å². The van der Waals surface area contributed by atoms with Gasteiger partial charge in [-0.05, 0) is 24.2 Å². The van der Waals surface area contributed by atoms with Gasteiger partial charge in [-0.1, -0.05) is 19.1 Å². The number of hydrogen-bond donors (Lipinski definition) is 0. The normalized spacial score (nSPS) is 50.0. The van der Waals surface area contributed by atoms with Gasteiger partial charge >= 0.3 is 0 Å². The van der Waals surface area contributed by atoms with Crippen LogP contribution in [0.5, 0.6) is 0 Å². The van der Waals surface area contributed by atoms with Crippen LogP contribution < -0.4 is 0 Å². The van der Waals surface area contributed by atoms with Crippen molar-refractivity contribution in [3.63, 3.8) is 0 Å². The Labute approximate surface area is 77.8 Å². The van der Waals surface area contributed by atoms with Crippen molar-refractivity contribution in [1.29, 1.82) is 0 Å². The fourth-order valence-electron chi connectivity index (χ4n) is 2.68. The zero-order valence-corrected chi connectivity index (χ0v) is 7.92. The first-order valence-corrected chi connectivity index (χ1v) is 4.96. The van der Waals surface area contributed by atoms with E-state index in [1.54, 1.807) is 0 Å². The van der Waals surface area contributed by atoms with E-state index in [0.717, 1.165) is 12.7 Å². The predicted molar refractivity (Wildman–Crippen MR) is 49.1 cm³/mol. The van der Waals surface area contributed by atoms with Crippen molar-refractivity contribution in [3.8, 4) is 0 Å². The van der Waals surface area contributed by atoms with E-state index in [1.165, 1.54) is 0 Å². The molecule has 0 aliphatic heterocycles. The summed E-state index contributed by atoms with van der Waals surface area (Å²) in [5.74, 6) is 1.99. The van der Waals surface area contributed by atoms with Crippen molar-refractivity contribution in [1.82, 2.24) is 0 Å². The molecule has 0 radical (unpaired) electrons. The van der Waals surface area contributed by atoms with E-state index in [-0.39, 0.29) is 5.41 Å². The largest absolute Gasteiger partial charge is 0.303 e. The smallest absolute Gasteiger partial charge is 0.126 e. The zero-order chi connectivity index (χ0) is 8.77. The molecule has 12 heavy (non-hydrogen) atoms. The van der Waals surface area contributed by atoms with Crippen LogP contribution in [0.15, 0.2) is 12.2 Å². The van der Waals surface area contributed by atoms with E-state index in [1.807, 2.05) is 6.92 Å². The molecule has 1 nitrogen and oxygen atoms in total. The molecule has 0 spiro atoms. The number of carbonyl (C=O) groups excluding carboxylic acids is 1. The maximum absolute atomic E-state index is 11.0. The van der Waals surface area contributed by atoms with Crippen LogP contribution >= 0.6 is 11.6 Å². The third-order valence-electron chi connectivity index (χ3n) is 3.65. The maximum Gasteiger partial charge on any atom is 0.126 e. The molecule has 0 amide bonds. The van der Waals surface area contributed by atoms with Gasteiger partial charge in [0.2, 0.25) is 0 Å². The Morgan fingerprint density at radius 3 is 2.92 bits per heavy atom. The van der Waals surface area contributed by atoms with Gasteiger partial charge in [-0.2, -0.15) is 0 Å². The Kier molecular flexibility index (Phi) is 1.80. The average molecular weight is 185 g/mol. The maximum atomic E-state index is 11.0. The molecule has 2 aliphatic carbocycles. The highest BCUT2D eigenvalue weighted by Gasteiger charge is 2.52. The molecule has 2 aliphatic rings. The van der Waals surface area contributed by atoms with Gasteiger partial charge in [0.1, 0.15) is 6.29 Å². The molecule has 0 aromatic carbocycles. The van der Waals surface area contributed by atoms with Gasteiger partial charge in [-0.3, -0.25) is 0 Å². The van der Waals surface area contributed by atoms with Gasteiger partial charge in [-0.25, -0.2) is 0 Å². The van der Waals surface area contributed by atoms with E-state index < -0.39 is 0 Å². The summed E-state index contributed by atoms with van der Waals surface area (Å²) in [5, 5.41) is 0. The first-order valence-electron chi connectivity index (χ1n) is 4.43. The lowest BCUT2D eigenvalue weighted by Crippen LogP contribution is -2.34. The molecule has 2 bridgehead atoms. The number of alkyl halides is 1. The number of aldehydes is 1. The molecule has 2 rings (SSSR count). The zero-order valence-electron chi connectivity index (χ0n) is 7.16. The fraction of sp³-hybridized carbons (Fsp3) is 0.700. The summed E-state index contributed by atoms with van der Waals surface area (Å²) < 4.78 is 0. The van der Waals surface area contributed by atoms with Crippen LogP contribution in [-0.2, 0) is 4.79 Å². The van der Waals surface area contributed by atoms with Crippen molar-refractivity contribution in [2.75, 3.05) is 5.88 Å². The lowest BCUT2D eigenvalue weighted by atomic mass is 9.72. The molecule has 0 N–H and O–H groups in total. The average Bonchev–Trinajstić information content (AvgIpc) is 2.63. The first kappa shape index (κ1) is 8.31. The van der Waals surface area contributed by atoms with Crippen molar-refractivity contribution in [3.05, 3.63) is 12.2 Å². The standard InChI is InChI=1S/C10H13ClO/c1-10(6-12)8-3-2-7(4-8)9(10)5-11/h2-3,6-9H,4-5H2,1H3/t7-,8+,9-,10-/m0/s1. The fourth-order valence-corrected chi connectivity index (χ4v) is 3.24. The van der Waals surface area contributed by atoms with E-state index in [9.17, 15) is 4.79 Å². The van der Waals surface area contributed by atoms with E-state index >= 15 is 0 Å². The Balaban J connectivity index is 2.34. The second-order valence-electron chi connectivity index (χ2n) is 4.14. The van der Waals surface area contributed by atoms with Crippen molar-refractivity contribution < 1.29 is 4.79 Å². The summed E-state index contributed by atoms with van der Waals surface area (Å²) in [4.78, 5) is 11.0. The highest BCUT2D eigenvalue weighted by molar-refractivity contribution is 6.18. The third kappa shape index (κ3) is 0.832. The van der Waals surface area contributed by atoms with Gasteiger partial charge in [0, 0.05) is 11.3 Å². The van der Waals surface area contributed by atoms with Crippen LogP contribution in [0.2, 0.25) is 0 Å². The van der Waals surface area contributed by atoms with Gasteiger partial charge < -0.3 is 4.79 Å². The van der Waals surface area contributed by atoms with Gasteiger partial charge in [0.25, 0.3) is 0 Å². The third-order valence-corrected chi connectivity index (χ3v) is 3.98. The number of halogens is 1. The molecule has 1 saturated carbocycles. The monoisotopic (exact) mass is 184 g/mol. The number of rotatable bonds is 2. The Morgan fingerprint density at radius 2 is 2.42 bits per heavy atom. The highest BCUT2D eigenvalue weighted by atomic mass is 35.5. The molecule has 66 valence electrons. The summed E-state index contributed by atoms with van der Waals surface area (Å²) in [6.45, 7) is 2.04. The number of hydrogen-bond acceptors (Lipinski definition) is 1. The van der Waals surface area contributed by atoms with Crippen molar-refractivity contribution in [2.45, 2.75) is 13.3 Å². The molecule has 0 unspecified atom stereocenters. The van der Waals surface area contributed by atoms with E-state index in [0.29, 0.717) is 23.6 Å². The summed E-state index contributed by atoms with van der Waals surface area (Å²) in [7, 11) is 0. The van der Waals surface area contributed by atoms with Crippen LogP contribution in [0.25, 0.3) is 0 Å². The Morgan fingerprint density at radius 1 is 1.67 bits per heavy atom. The van der Waals surface area contributed by atoms with Gasteiger partial charge in [-0.15, -0.1) is 11.6 Å². The second-order valence-corrected chi connectivity index (χ2v) is 4.44. The summed E-state index contributed by atoms with van der Waals surface area (Å²) in [5.41, 5.74) is -0.179. The van der Waals surface area contributed by atoms with Crippen LogP contribution in [-0.4, -0.2) is 12.2 Å². The molecular weight excluding hydrogens is 172 g/mol. The van der Waals surface area contributed by atoms with Crippen LogP contribution in [0.4, 0.5) is 0 Å². The minimum atomic E-state index is -0.179. The quantitative estimate of drug-likeness (QED) is 0.366. The number of fused-ring (bicyclic) bond motifs is 2. The molecule has 0 aromatic heterocycles. The molecule has 0 heterocycles. The van der Waals surface area contributed by atoms with Crippen LogP contribution in [0, 0.1) is 23.2 Å². The Bertz CT molecular complexity index is 236. The molecule has 0 saturated heterocycles. The summed E-state index contributed by atoms with van der Waals surface area (Å²) in [6, 6.07) is 0. The predicted octanol–water partition coefficient (Wildman–Crippen LogP) is 2.25. The minimum absolute atomic E-state index is 0.179. The van der Waals surface area contributed by atoms with Crippen LogP contribution in [0.3, 0.4) is 0 Å². The number of allylic oxidation sites excluding steroid dienone is 2. The minimum Gasteiger partial charge on any atom is -0.303 e. The van der Waals surface area contributed by atoms with Gasteiger partial charge in [0.15, 0.2) is 0 Å². The van der Waals surface area contributed by atoms with E-state index in [4.69, 9.17) is 11.6 Å². The highest BCUT2D eigenvalue weighted by Crippen LogP contribution is 2.55.